The van der Waals surface area contributed by atoms with Crippen LogP contribution in [0.15, 0.2) is 24.3 Å². The third kappa shape index (κ3) is 3.12. The lowest BCUT2D eigenvalue weighted by atomic mass is 9.98. The molecule has 1 aromatic rings. The standard InChI is InChI=1S/C15H19ClNO/c1-2-14(17-10-4-3-5-11-17)15(18)12-6-8-13(16)9-7-12/h3,6-9,14H,2,4-5,10-11H2,1H3. The van der Waals surface area contributed by atoms with Crippen molar-refractivity contribution in [3.05, 3.63) is 41.3 Å². The molecule has 2 nitrogen and oxygen atoms in total. The van der Waals surface area contributed by atoms with Gasteiger partial charge in [-0.3, -0.25) is 9.69 Å². The van der Waals surface area contributed by atoms with Crippen molar-refractivity contribution in [3.63, 3.8) is 0 Å². The van der Waals surface area contributed by atoms with Crippen LogP contribution in [0.3, 0.4) is 0 Å². The van der Waals surface area contributed by atoms with E-state index in [9.17, 15) is 4.79 Å². The minimum absolute atomic E-state index is 0.0138. The van der Waals surface area contributed by atoms with Crippen molar-refractivity contribution in [3.8, 4) is 0 Å². The number of hydrogen-bond acceptors (Lipinski definition) is 2. The largest absolute Gasteiger partial charge is 0.293 e. The molecule has 1 heterocycles. The maximum Gasteiger partial charge on any atom is 0.179 e. The van der Waals surface area contributed by atoms with E-state index in [1.165, 1.54) is 0 Å². The van der Waals surface area contributed by atoms with Crippen LogP contribution in [0.25, 0.3) is 0 Å². The maximum atomic E-state index is 12.5. The fourth-order valence-corrected chi connectivity index (χ4v) is 2.62. The lowest BCUT2D eigenvalue weighted by Gasteiger charge is -2.33. The molecule has 1 aromatic carbocycles. The van der Waals surface area contributed by atoms with E-state index in [1.54, 1.807) is 12.1 Å². The van der Waals surface area contributed by atoms with Gasteiger partial charge in [0.05, 0.1) is 6.04 Å². The van der Waals surface area contributed by atoms with Gasteiger partial charge >= 0.3 is 0 Å². The molecule has 1 atom stereocenters. The Bertz CT molecular complexity index is 395. The van der Waals surface area contributed by atoms with Gasteiger partial charge in [0, 0.05) is 10.6 Å². The van der Waals surface area contributed by atoms with Gasteiger partial charge in [-0.25, -0.2) is 0 Å². The normalized spacial score (nSPS) is 18.6. The summed E-state index contributed by atoms with van der Waals surface area (Å²) in [6.45, 7) is 4.08. The van der Waals surface area contributed by atoms with Gasteiger partial charge in [-0.15, -0.1) is 0 Å². The van der Waals surface area contributed by atoms with Crippen molar-refractivity contribution in [2.45, 2.75) is 32.2 Å². The SMILES string of the molecule is CCC(C(=O)c1ccc(Cl)cc1)N1CC[CH]CC1. The van der Waals surface area contributed by atoms with Crippen molar-refractivity contribution in [2.75, 3.05) is 13.1 Å². The number of benzene rings is 1. The zero-order valence-electron chi connectivity index (χ0n) is 10.7. The van der Waals surface area contributed by atoms with Gasteiger partial charge in [-0.05, 0) is 63.0 Å². The Kier molecular flexibility index (Phi) is 4.79. The number of likely N-dealkylation sites (tertiary alicyclic amines) is 1. The van der Waals surface area contributed by atoms with Gasteiger partial charge in [0.2, 0.25) is 0 Å². The van der Waals surface area contributed by atoms with Gasteiger partial charge < -0.3 is 0 Å². The van der Waals surface area contributed by atoms with Crippen LogP contribution >= 0.6 is 11.6 Å². The first kappa shape index (κ1) is 13.6. The maximum absolute atomic E-state index is 12.5. The van der Waals surface area contributed by atoms with Crippen LogP contribution in [-0.4, -0.2) is 29.8 Å². The fraction of sp³-hybridized carbons (Fsp3) is 0.467. The predicted molar refractivity (Wildman–Crippen MR) is 75.0 cm³/mol. The molecule has 0 spiro atoms. The Morgan fingerprint density at radius 2 is 1.89 bits per heavy atom. The number of nitrogens with zero attached hydrogens (tertiary/aromatic N) is 1. The smallest absolute Gasteiger partial charge is 0.179 e. The van der Waals surface area contributed by atoms with Crippen LogP contribution in [0, 0.1) is 6.42 Å². The highest BCUT2D eigenvalue weighted by Crippen LogP contribution is 2.18. The van der Waals surface area contributed by atoms with Crippen LogP contribution in [0.4, 0.5) is 0 Å². The minimum atomic E-state index is 0.0138. The second-order valence-electron chi connectivity index (χ2n) is 4.70. The number of carbonyl (C=O) groups is 1. The monoisotopic (exact) mass is 264 g/mol. The van der Waals surface area contributed by atoms with Crippen molar-refractivity contribution in [2.24, 2.45) is 0 Å². The van der Waals surface area contributed by atoms with E-state index in [4.69, 9.17) is 11.6 Å². The number of Topliss-reactive ketones (excluding diaryl/α,β-unsaturated/α-hetero) is 1. The highest BCUT2D eigenvalue weighted by molar-refractivity contribution is 6.30. The Hall–Kier alpha value is -0.860. The summed E-state index contributed by atoms with van der Waals surface area (Å²) < 4.78 is 0. The van der Waals surface area contributed by atoms with Crippen LogP contribution in [0.1, 0.15) is 36.5 Å². The minimum Gasteiger partial charge on any atom is -0.293 e. The number of hydrogen-bond donors (Lipinski definition) is 0. The number of piperidine rings is 1. The number of ketones is 1. The molecule has 0 amide bonds. The molecule has 3 heteroatoms. The molecule has 2 rings (SSSR count). The second-order valence-corrected chi connectivity index (χ2v) is 5.13. The topological polar surface area (TPSA) is 20.3 Å². The van der Waals surface area contributed by atoms with E-state index in [2.05, 4.69) is 18.2 Å². The molecule has 97 valence electrons. The summed E-state index contributed by atoms with van der Waals surface area (Å²) in [6.07, 6.45) is 5.34. The van der Waals surface area contributed by atoms with E-state index < -0.39 is 0 Å². The Labute approximate surface area is 114 Å². The molecule has 1 aliphatic rings. The van der Waals surface area contributed by atoms with Crippen LogP contribution in [0.5, 0.6) is 0 Å². The third-order valence-corrected chi connectivity index (χ3v) is 3.75. The Morgan fingerprint density at radius 3 is 2.44 bits per heavy atom. The number of carbonyl (C=O) groups excluding carboxylic acids is 1. The molecule has 1 unspecified atom stereocenters. The average Bonchev–Trinajstić information content (AvgIpc) is 2.41. The summed E-state index contributed by atoms with van der Waals surface area (Å²) in [6, 6.07) is 7.23. The second kappa shape index (κ2) is 6.35. The molecule has 0 aliphatic carbocycles. The molecule has 0 bridgehead atoms. The van der Waals surface area contributed by atoms with E-state index in [0.717, 1.165) is 37.9 Å². The molecule has 1 saturated heterocycles. The molecule has 0 aromatic heterocycles. The molecular weight excluding hydrogens is 246 g/mol. The van der Waals surface area contributed by atoms with Crippen LogP contribution in [0.2, 0.25) is 5.02 Å². The molecule has 0 saturated carbocycles. The molecule has 0 N–H and O–H groups in total. The first-order valence-electron chi connectivity index (χ1n) is 6.58. The average molecular weight is 265 g/mol. The molecule has 1 aliphatic heterocycles. The van der Waals surface area contributed by atoms with Gasteiger partial charge in [-0.1, -0.05) is 18.5 Å². The quantitative estimate of drug-likeness (QED) is 0.775. The first-order valence-corrected chi connectivity index (χ1v) is 6.95. The molecule has 1 radical (unpaired) electrons. The Balaban J connectivity index is 2.11. The zero-order valence-corrected chi connectivity index (χ0v) is 11.5. The summed E-state index contributed by atoms with van der Waals surface area (Å²) in [4.78, 5) is 14.8. The summed E-state index contributed by atoms with van der Waals surface area (Å²) >= 11 is 5.85. The molecule has 1 fully saturated rings. The van der Waals surface area contributed by atoms with Crippen LogP contribution in [-0.2, 0) is 0 Å². The summed E-state index contributed by atoms with van der Waals surface area (Å²) in [7, 11) is 0. The first-order chi connectivity index (χ1) is 8.72. The van der Waals surface area contributed by atoms with Crippen LogP contribution < -0.4 is 0 Å². The number of rotatable bonds is 4. The van der Waals surface area contributed by atoms with E-state index in [0.29, 0.717) is 5.02 Å². The van der Waals surface area contributed by atoms with Crippen molar-refractivity contribution in [1.82, 2.24) is 4.90 Å². The van der Waals surface area contributed by atoms with Crippen molar-refractivity contribution in [1.29, 1.82) is 0 Å². The zero-order chi connectivity index (χ0) is 13.0. The lowest BCUT2D eigenvalue weighted by molar-refractivity contribution is 0.0796. The van der Waals surface area contributed by atoms with Gasteiger partial charge in [0.1, 0.15) is 0 Å². The molecule has 18 heavy (non-hydrogen) atoms. The van der Waals surface area contributed by atoms with Gasteiger partial charge in [0.25, 0.3) is 0 Å². The predicted octanol–water partition coefficient (Wildman–Crippen LogP) is 3.60. The van der Waals surface area contributed by atoms with Crippen molar-refractivity contribution < 1.29 is 4.79 Å². The summed E-state index contributed by atoms with van der Waals surface area (Å²) in [5.41, 5.74) is 0.765. The van der Waals surface area contributed by atoms with Gasteiger partial charge in [-0.2, -0.15) is 0 Å². The molecular formula is C15H19ClNO. The van der Waals surface area contributed by atoms with E-state index in [1.807, 2.05) is 12.1 Å². The number of halogens is 1. The van der Waals surface area contributed by atoms with Gasteiger partial charge in [0.15, 0.2) is 5.78 Å². The lowest BCUT2D eigenvalue weighted by Crippen LogP contribution is -2.43. The van der Waals surface area contributed by atoms with Crippen molar-refractivity contribution >= 4 is 17.4 Å². The summed E-state index contributed by atoms with van der Waals surface area (Å²) in [5.74, 6) is 0.219. The Morgan fingerprint density at radius 1 is 1.28 bits per heavy atom. The third-order valence-electron chi connectivity index (χ3n) is 3.50. The van der Waals surface area contributed by atoms with E-state index >= 15 is 0 Å². The fourth-order valence-electron chi connectivity index (χ4n) is 2.50. The summed E-state index contributed by atoms with van der Waals surface area (Å²) in [5, 5.41) is 0.673. The highest BCUT2D eigenvalue weighted by Gasteiger charge is 2.26. The highest BCUT2D eigenvalue weighted by atomic mass is 35.5. The van der Waals surface area contributed by atoms with E-state index in [-0.39, 0.29) is 11.8 Å².